The van der Waals surface area contributed by atoms with Crippen LogP contribution in [-0.2, 0) is 6.61 Å². The van der Waals surface area contributed by atoms with E-state index in [0.717, 1.165) is 16.7 Å². The number of methoxy groups -OCH3 is 2. The monoisotopic (exact) mass is 490 g/mol. The van der Waals surface area contributed by atoms with E-state index in [1.54, 1.807) is 38.5 Å². The lowest BCUT2D eigenvalue weighted by Crippen LogP contribution is -2.18. The van der Waals surface area contributed by atoms with Crippen LogP contribution < -0.4 is 19.6 Å². The van der Waals surface area contributed by atoms with E-state index in [9.17, 15) is 4.79 Å². The van der Waals surface area contributed by atoms with Gasteiger partial charge in [-0.15, -0.1) is 0 Å². The summed E-state index contributed by atoms with van der Waals surface area (Å²) < 4.78 is 16.4. The molecule has 35 heavy (non-hydrogen) atoms. The highest BCUT2D eigenvalue weighted by Gasteiger charge is 2.11. The Morgan fingerprint density at radius 3 is 2.60 bits per heavy atom. The highest BCUT2D eigenvalue weighted by atomic mass is 35.5. The molecule has 9 heteroatoms. The van der Waals surface area contributed by atoms with Crippen LogP contribution in [0.2, 0.25) is 5.02 Å². The number of hydrogen-bond acceptors (Lipinski definition) is 6. The minimum Gasteiger partial charge on any atom is -0.493 e. The van der Waals surface area contributed by atoms with Crippen molar-refractivity contribution in [1.29, 1.82) is 0 Å². The lowest BCUT2D eigenvalue weighted by Gasteiger charge is -2.07. The first-order valence-electron chi connectivity index (χ1n) is 10.6. The number of hydrazone groups is 1. The maximum atomic E-state index is 12.5. The van der Waals surface area contributed by atoms with Gasteiger partial charge < -0.3 is 14.2 Å². The molecule has 0 aliphatic rings. The van der Waals surface area contributed by atoms with Crippen LogP contribution >= 0.6 is 11.6 Å². The first-order chi connectivity index (χ1) is 17.1. The topological polar surface area (TPSA) is 97.8 Å². The fraction of sp³-hybridized carbons (Fsp3) is 0.115. The largest absolute Gasteiger partial charge is 0.493 e. The first kappa shape index (κ1) is 23.8. The maximum absolute atomic E-state index is 12.5. The van der Waals surface area contributed by atoms with Crippen molar-refractivity contribution in [2.45, 2.75) is 6.61 Å². The molecule has 1 aromatic heterocycles. The number of nitrogens with zero attached hydrogens (tertiary/aromatic N) is 2. The van der Waals surface area contributed by atoms with Crippen LogP contribution in [0.25, 0.3) is 11.3 Å². The average molecular weight is 491 g/mol. The molecule has 4 rings (SSSR count). The molecule has 8 nitrogen and oxygen atoms in total. The molecule has 0 atom stereocenters. The minimum absolute atomic E-state index is 0.275. The van der Waals surface area contributed by atoms with Crippen molar-refractivity contribution in [3.05, 3.63) is 94.6 Å². The van der Waals surface area contributed by atoms with Crippen molar-refractivity contribution in [3.63, 3.8) is 0 Å². The molecular formula is C26H23ClN4O4. The number of nitrogens with one attached hydrogen (secondary N) is 2. The minimum atomic E-state index is -0.421. The van der Waals surface area contributed by atoms with Crippen molar-refractivity contribution in [1.82, 2.24) is 15.6 Å². The second kappa shape index (κ2) is 11.2. The molecule has 0 fully saturated rings. The number of H-pyrrole nitrogens is 1. The third kappa shape index (κ3) is 6.18. The Morgan fingerprint density at radius 1 is 1.03 bits per heavy atom. The summed E-state index contributed by atoms with van der Waals surface area (Å²) >= 11 is 5.92. The van der Waals surface area contributed by atoms with E-state index in [-0.39, 0.29) is 5.69 Å². The molecule has 0 unspecified atom stereocenters. The van der Waals surface area contributed by atoms with Crippen molar-refractivity contribution < 1.29 is 19.0 Å². The Bertz CT molecular complexity index is 1340. The summed E-state index contributed by atoms with van der Waals surface area (Å²) in [7, 11) is 3.12. The Balaban J connectivity index is 1.37. The van der Waals surface area contributed by atoms with Crippen LogP contribution in [0.15, 0.2) is 77.9 Å². The van der Waals surface area contributed by atoms with Crippen LogP contribution in [0.5, 0.6) is 17.2 Å². The number of halogens is 1. The number of ether oxygens (including phenoxy) is 3. The molecule has 1 amide bonds. The van der Waals surface area contributed by atoms with Crippen LogP contribution in [0.1, 0.15) is 21.6 Å². The van der Waals surface area contributed by atoms with Crippen molar-refractivity contribution >= 4 is 23.7 Å². The molecule has 2 N–H and O–H groups in total. The summed E-state index contributed by atoms with van der Waals surface area (Å²) in [4.78, 5) is 12.5. The number of benzene rings is 3. The van der Waals surface area contributed by atoms with E-state index >= 15 is 0 Å². The first-order valence-corrected chi connectivity index (χ1v) is 11.0. The van der Waals surface area contributed by atoms with Crippen molar-refractivity contribution in [3.8, 4) is 28.5 Å². The van der Waals surface area contributed by atoms with E-state index in [0.29, 0.717) is 34.6 Å². The summed E-state index contributed by atoms with van der Waals surface area (Å²) in [5, 5.41) is 11.7. The van der Waals surface area contributed by atoms with Crippen LogP contribution in [-0.4, -0.2) is 36.5 Å². The highest BCUT2D eigenvalue weighted by molar-refractivity contribution is 6.30. The van der Waals surface area contributed by atoms with E-state index in [1.807, 2.05) is 48.5 Å². The molecule has 1 heterocycles. The number of amides is 1. The number of rotatable bonds is 9. The van der Waals surface area contributed by atoms with E-state index < -0.39 is 5.91 Å². The van der Waals surface area contributed by atoms with Gasteiger partial charge in [-0.3, -0.25) is 9.89 Å². The Morgan fingerprint density at radius 2 is 1.83 bits per heavy atom. The zero-order valence-electron chi connectivity index (χ0n) is 19.1. The summed E-state index contributed by atoms with van der Waals surface area (Å²) in [6.45, 7) is 0.410. The zero-order chi connectivity index (χ0) is 24.6. The van der Waals surface area contributed by atoms with Gasteiger partial charge >= 0.3 is 0 Å². The Labute approximate surface area is 207 Å². The molecule has 0 saturated carbocycles. The van der Waals surface area contributed by atoms with Crippen molar-refractivity contribution in [2.75, 3.05) is 14.2 Å². The van der Waals surface area contributed by atoms with E-state index in [2.05, 4.69) is 20.7 Å². The molecule has 0 radical (unpaired) electrons. The van der Waals surface area contributed by atoms with Gasteiger partial charge in [0, 0.05) is 10.6 Å². The molecule has 0 spiro atoms. The summed E-state index contributed by atoms with van der Waals surface area (Å²) in [5.74, 6) is 1.44. The lowest BCUT2D eigenvalue weighted by molar-refractivity contribution is 0.0950. The van der Waals surface area contributed by atoms with Gasteiger partial charge in [0.15, 0.2) is 11.5 Å². The zero-order valence-corrected chi connectivity index (χ0v) is 19.9. The lowest BCUT2D eigenvalue weighted by atomic mass is 10.1. The standard InChI is InChI=1S/C26H23ClN4O4/c1-33-24-11-8-18(12-25(24)34-2)15-28-31-26(32)23-14-22(29-30-23)19-4-3-5-21(13-19)35-16-17-6-9-20(27)10-7-17/h3-15H,16H2,1-2H3,(H,29,30)(H,31,32). The SMILES string of the molecule is COc1ccc(C=NNC(=O)c2cc(-c3cccc(OCc4ccc(Cl)cc4)c3)n[nH]2)cc1OC. The third-order valence-corrected chi connectivity index (χ3v) is 5.31. The second-order valence-corrected chi connectivity index (χ2v) is 7.86. The summed E-state index contributed by atoms with van der Waals surface area (Å²) in [6.07, 6.45) is 1.51. The van der Waals surface area contributed by atoms with Crippen LogP contribution in [0, 0.1) is 0 Å². The van der Waals surface area contributed by atoms with Crippen molar-refractivity contribution in [2.24, 2.45) is 5.10 Å². The predicted molar refractivity (Wildman–Crippen MR) is 134 cm³/mol. The van der Waals surface area contributed by atoms with Gasteiger partial charge in [0.1, 0.15) is 18.1 Å². The number of aromatic nitrogens is 2. The summed E-state index contributed by atoms with van der Waals surface area (Å²) in [5.41, 5.74) is 5.92. The third-order valence-electron chi connectivity index (χ3n) is 5.06. The Hall–Kier alpha value is -4.30. The molecule has 0 aliphatic carbocycles. The van der Waals surface area contributed by atoms with E-state index in [1.165, 1.54) is 6.21 Å². The van der Waals surface area contributed by atoms with Gasteiger partial charge in [-0.05, 0) is 59.7 Å². The normalized spacial score (nSPS) is 10.8. The number of carbonyl (C=O) groups is 1. The maximum Gasteiger partial charge on any atom is 0.289 e. The highest BCUT2D eigenvalue weighted by Crippen LogP contribution is 2.27. The summed E-state index contributed by atoms with van der Waals surface area (Å²) in [6, 6.07) is 21.9. The number of aromatic amines is 1. The van der Waals surface area contributed by atoms with Gasteiger partial charge in [0.25, 0.3) is 5.91 Å². The van der Waals surface area contributed by atoms with Gasteiger partial charge in [-0.2, -0.15) is 10.2 Å². The van der Waals surface area contributed by atoms with Crippen LogP contribution in [0.4, 0.5) is 0 Å². The van der Waals surface area contributed by atoms with Gasteiger partial charge in [0.05, 0.1) is 26.1 Å². The van der Waals surface area contributed by atoms with Gasteiger partial charge in [-0.1, -0.05) is 35.9 Å². The fourth-order valence-corrected chi connectivity index (χ4v) is 3.36. The number of carbonyl (C=O) groups excluding carboxylic acids is 1. The molecule has 178 valence electrons. The van der Waals surface area contributed by atoms with Gasteiger partial charge in [-0.25, -0.2) is 5.43 Å². The smallest absolute Gasteiger partial charge is 0.289 e. The Kier molecular flexibility index (Phi) is 7.64. The quantitative estimate of drug-likeness (QED) is 0.251. The molecule has 0 bridgehead atoms. The van der Waals surface area contributed by atoms with E-state index in [4.69, 9.17) is 25.8 Å². The molecule has 4 aromatic rings. The second-order valence-electron chi connectivity index (χ2n) is 7.42. The molecular weight excluding hydrogens is 468 g/mol. The number of hydrogen-bond donors (Lipinski definition) is 2. The molecule has 3 aromatic carbocycles. The van der Waals surface area contributed by atoms with Gasteiger partial charge in [0.2, 0.25) is 0 Å². The predicted octanol–water partition coefficient (Wildman–Crippen LogP) is 5.09. The van der Waals surface area contributed by atoms with Crippen LogP contribution in [0.3, 0.4) is 0 Å². The molecule has 0 saturated heterocycles. The fourth-order valence-electron chi connectivity index (χ4n) is 3.24. The molecule has 0 aliphatic heterocycles. The average Bonchev–Trinajstić information content (AvgIpc) is 3.39.